The van der Waals surface area contributed by atoms with Crippen LogP contribution in [0, 0.1) is 0 Å². The van der Waals surface area contributed by atoms with Crippen LogP contribution in [-0.4, -0.2) is 20.2 Å². The van der Waals surface area contributed by atoms with Crippen LogP contribution in [0.2, 0.25) is 0 Å². The zero-order valence-electron chi connectivity index (χ0n) is 9.57. The van der Waals surface area contributed by atoms with Crippen molar-refractivity contribution in [1.82, 2.24) is 20.2 Å². The fourth-order valence-corrected chi connectivity index (χ4v) is 1.51. The van der Waals surface area contributed by atoms with Crippen molar-refractivity contribution in [2.24, 2.45) is 0 Å². The Labute approximate surface area is 89.1 Å². The van der Waals surface area contributed by atoms with Crippen molar-refractivity contribution in [3.05, 3.63) is 17.6 Å². The van der Waals surface area contributed by atoms with Crippen LogP contribution in [0.3, 0.4) is 0 Å². The summed E-state index contributed by atoms with van der Waals surface area (Å²) in [6, 6.07) is 0. The van der Waals surface area contributed by atoms with Crippen LogP contribution < -0.4 is 0 Å². The van der Waals surface area contributed by atoms with E-state index >= 15 is 0 Å². The number of aromatic nitrogens is 4. The van der Waals surface area contributed by atoms with Crippen LogP contribution in [0.5, 0.6) is 0 Å². The maximum atomic E-state index is 4.47. The van der Waals surface area contributed by atoms with Gasteiger partial charge in [-0.3, -0.25) is 5.10 Å². The van der Waals surface area contributed by atoms with Crippen LogP contribution in [0.1, 0.15) is 50.9 Å². The van der Waals surface area contributed by atoms with Gasteiger partial charge in [0.05, 0.1) is 11.4 Å². The van der Waals surface area contributed by atoms with Gasteiger partial charge < -0.3 is 0 Å². The third-order valence-electron chi connectivity index (χ3n) is 2.48. The lowest BCUT2D eigenvalue weighted by Gasteiger charge is -2.03. The summed E-state index contributed by atoms with van der Waals surface area (Å²) in [5, 5.41) is 7.19. The van der Waals surface area contributed by atoms with Gasteiger partial charge >= 0.3 is 0 Å². The van der Waals surface area contributed by atoms with E-state index in [9.17, 15) is 0 Å². The third-order valence-corrected chi connectivity index (χ3v) is 2.48. The van der Waals surface area contributed by atoms with Gasteiger partial charge in [-0.25, -0.2) is 9.97 Å². The molecule has 4 heteroatoms. The first-order valence-corrected chi connectivity index (χ1v) is 5.30. The van der Waals surface area contributed by atoms with Crippen molar-refractivity contribution >= 4 is 11.2 Å². The fraction of sp³-hybridized carbons (Fsp3) is 0.545. The number of nitrogens with zero attached hydrogens (tertiary/aromatic N) is 3. The van der Waals surface area contributed by atoms with E-state index in [1.54, 1.807) is 0 Å². The highest BCUT2D eigenvalue weighted by atomic mass is 15.2. The number of nitrogens with one attached hydrogen (secondary N) is 1. The van der Waals surface area contributed by atoms with Crippen molar-refractivity contribution < 1.29 is 0 Å². The molecule has 0 saturated heterocycles. The normalized spacial score (nSPS) is 11.9. The quantitative estimate of drug-likeness (QED) is 0.818. The second kappa shape index (κ2) is 3.61. The van der Waals surface area contributed by atoms with Crippen LogP contribution in [-0.2, 0) is 0 Å². The SMILES string of the molecule is CC(C)c1cnc2c(C(C)C)[nH]nc2n1. The Bertz CT molecular complexity index is 470. The van der Waals surface area contributed by atoms with Crippen LogP contribution in [0.25, 0.3) is 11.2 Å². The van der Waals surface area contributed by atoms with Crippen molar-refractivity contribution in [3.8, 4) is 0 Å². The lowest BCUT2D eigenvalue weighted by Crippen LogP contribution is -1.95. The van der Waals surface area contributed by atoms with Crippen LogP contribution in [0.4, 0.5) is 0 Å². The summed E-state index contributed by atoms with van der Waals surface area (Å²) in [5.41, 5.74) is 3.68. The first kappa shape index (κ1) is 10.1. The molecule has 0 aromatic carbocycles. The molecule has 0 spiro atoms. The molecule has 0 saturated carbocycles. The minimum atomic E-state index is 0.390. The Kier molecular flexibility index (Phi) is 2.42. The summed E-state index contributed by atoms with van der Waals surface area (Å²) >= 11 is 0. The summed E-state index contributed by atoms with van der Waals surface area (Å²) in [7, 11) is 0. The zero-order chi connectivity index (χ0) is 11.0. The molecule has 0 amide bonds. The van der Waals surface area contributed by atoms with Gasteiger partial charge in [-0.15, -0.1) is 0 Å². The van der Waals surface area contributed by atoms with Crippen LogP contribution in [0.15, 0.2) is 6.20 Å². The van der Waals surface area contributed by atoms with Crippen LogP contribution >= 0.6 is 0 Å². The van der Waals surface area contributed by atoms with Gasteiger partial charge in [0.2, 0.25) is 0 Å². The van der Waals surface area contributed by atoms with E-state index in [1.807, 2.05) is 6.20 Å². The molecule has 80 valence electrons. The summed E-state index contributed by atoms with van der Waals surface area (Å²) < 4.78 is 0. The molecule has 2 rings (SSSR count). The van der Waals surface area contributed by atoms with Crippen molar-refractivity contribution in [2.75, 3.05) is 0 Å². The van der Waals surface area contributed by atoms with E-state index in [2.05, 4.69) is 47.9 Å². The largest absolute Gasteiger partial charge is 0.278 e. The summed E-state index contributed by atoms with van der Waals surface area (Å²) in [6.07, 6.45) is 1.84. The molecule has 0 atom stereocenters. The van der Waals surface area contributed by atoms with E-state index in [0.29, 0.717) is 11.8 Å². The highest BCUT2D eigenvalue weighted by Gasteiger charge is 2.12. The molecule has 1 N–H and O–H groups in total. The Morgan fingerprint density at radius 2 is 1.87 bits per heavy atom. The summed E-state index contributed by atoms with van der Waals surface area (Å²) in [6.45, 7) is 8.44. The van der Waals surface area contributed by atoms with E-state index in [1.165, 1.54) is 0 Å². The molecule has 0 aliphatic heterocycles. The summed E-state index contributed by atoms with van der Waals surface area (Å²) in [5.74, 6) is 0.787. The average Bonchev–Trinajstić information content (AvgIpc) is 2.59. The highest BCUT2D eigenvalue weighted by molar-refractivity contribution is 5.73. The minimum Gasteiger partial charge on any atom is -0.278 e. The van der Waals surface area contributed by atoms with Gasteiger partial charge in [0.1, 0.15) is 5.52 Å². The predicted molar refractivity (Wildman–Crippen MR) is 59.9 cm³/mol. The monoisotopic (exact) mass is 204 g/mol. The molecule has 2 aromatic heterocycles. The topological polar surface area (TPSA) is 54.5 Å². The van der Waals surface area contributed by atoms with Gasteiger partial charge in [0, 0.05) is 6.20 Å². The van der Waals surface area contributed by atoms with Gasteiger partial charge in [-0.2, -0.15) is 5.10 Å². The summed E-state index contributed by atoms with van der Waals surface area (Å²) in [4.78, 5) is 8.90. The number of fused-ring (bicyclic) bond motifs is 1. The number of rotatable bonds is 2. The molecule has 15 heavy (non-hydrogen) atoms. The molecule has 0 bridgehead atoms. The van der Waals surface area contributed by atoms with Crippen molar-refractivity contribution in [2.45, 2.75) is 39.5 Å². The number of aromatic amines is 1. The molecule has 2 heterocycles. The predicted octanol–water partition coefficient (Wildman–Crippen LogP) is 2.60. The average molecular weight is 204 g/mol. The highest BCUT2D eigenvalue weighted by Crippen LogP contribution is 2.21. The number of H-pyrrole nitrogens is 1. The smallest absolute Gasteiger partial charge is 0.200 e. The maximum absolute atomic E-state index is 4.47. The standard InChI is InChI=1S/C11H16N4/c1-6(2)8-5-12-10-9(7(3)4)14-15-11(10)13-8/h5-7H,1-4H3,(H,13,14,15). The fourth-order valence-electron chi connectivity index (χ4n) is 1.51. The molecule has 0 unspecified atom stereocenters. The zero-order valence-corrected chi connectivity index (χ0v) is 9.57. The van der Waals surface area contributed by atoms with E-state index < -0.39 is 0 Å². The van der Waals surface area contributed by atoms with E-state index in [4.69, 9.17) is 0 Å². The number of hydrogen-bond donors (Lipinski definition) is 1. The molecule has 4 nitrogen and oxygen atoms in total. The van der Waals surface area contributed by atoms with Crippen molar-refractivity contribution in [3.63, 3.8) is 0 Å². The number of hydrogen-bond acceptors (Lipinski definition) is 3. The first-order chi connectivity index (χ1) is 7.09. The molecular weight excluding hydrogens is 188 g/mol. The second-order valence-corrected chi connectivity index (χ2v) is 4.41. The van der Waals surface area contributed by atoms with E-state index in [0.717, 1.165) is 22.6 Å². The first-order valence-electron chi connectivity index (χ1n) is 5.30. The Hall–Kier alpha value is -1.45. The lowest BCUT2D eigenvalue weighted by atomic mass is 10.1. The second-order valence-electron chi connectivity index (χ2n) is 4.41. The van der Waals surface area contributed by atoms with Gasteiger partial charge in [0.15, 0.2) is 5.65 Å². The maximum Gasteiger partial charge on any atom is 0.200 e. The van der Waals surface area contributed by atoms with Gasteiger partial charge in [-0.05, 0) is 11.8 Å². The third kappa shape index (κ3) is 1.71. The minimum absolute atomic E-state index is 0.390. The van der Waals surface area contributed by atoms with Crippen molar-refractivity contribution in [1.29, 1.82) is 0 Å². The molecule has 2 aromatic rings. The Balaban J connectivity index is 2.57. The molecule has 0 radical (unpaired) electrons. The molecular formula is C11H16N4. The van der Waals surface area contributed by atoms with E-state index in [-0.39, 0.29) is 0 Å². The Morgan fingerprint density at radius 1 is 1.13 bits per heavy atom. The van der Waals surface area contributed by atoms with Gasteiger partial charge in [0.25, 0.3) is 0 Å². The lowest BCUT2D eigenvalue weighted by molar-refractivity contribution is 0.815. The Morgan fingerprint density at radius 3 is 2.47 bits per heavy atom. The molecule has 0 aliphatic carbocycles. The van der Waals surface area contributed by atoms with Gasteiger partial charge in [-0.1, -0.05) is 27.7 Å². The molecule has 0 fully saturated rings. The molecule has 0 aliphatic rings.